The van der Waals surface area contributed by atoms with E-state index >= 15 is 0 Å². The summed E-state index contributed by atoms with van der Waals surface area (Å²) in [4.78, 5) is 25.1. The van der Waals surface area contributed by atoms with Gasteiger partial charge in [0.25, 0.3) is 5.91 Å². The van der Waals surface area contributed by atoms with Crippen LogP contribution in [0.4, 0.5) is 4.39 Å². The molecule has 1 aliphatic rings. The average Bonchev–Trinajstić information content (AvgIpc) is 3.15. The summed E-state index contributed by atoms with van der Waals surface area (Å²) >= 11 is 0. The third-order valence-electron chi connectivity index (χ3n) is 4.26. The van der Waals surface area contributed by atoms with E-state index in [1.165, 1.54) is 16.8 Å². The van der Waals surface area contributed by atoms with Crippen molar-refractivity contribution in [2.75, 3.05) is 6.54 Å². The lowest BCUT2D eigenvalue weighted by atomic mass is 10.1. The van der Waals surface area contributed by atoms with E-state index in [0.717, 1.165) is 6.42 Å². The van der Waals surface area contributed by atoms with Crippen molar-refractivity contribution in [2.45, 2.75) is 32.2 Å². The number of aromatic nitrogens is 2. The molecule has 1 atom stereocenters. The summed E-state index contributed by atoms with van der Waals surface area (Å²) < 4.78 is 14.7. The Balaban J connectivity index is 1.82. The van der Waals surface area contributed by atoms with Crippen molar-refractivity contribution in [3.8, 4) is 5.69 Å². The molecular formula is C17H18FN3O3. The number of carboxylic acid groups (broad SMARTS) is 1. The topological polar surface area (TPSA) is 75.4 Å². The van der Waals surface area contributed by atoms with Gasteiger partial charge in [0.15, 0.2) is 5.69 Å². The van der Waals surface area contributed by atoms with Crippen LogP contribution in [0.3, 0.4) is 0 Å². The standard InChI is InChI=1S/C17H18FN3O3/c1-11-9-12(18)4-5-15(11)21-8-6-14(19-21)17(24)20-7-2-3-13(20)10-16(22)23/h4-6,8-9,13H,2-3,7,10H2,1H3,(H,22,23). The van der Waals surface area contributed by atoms with Gasteiger partial charge in [-0.3, -0.25) is 9.59 Å². The summed E-state index contributed by atoms with van der Waals surface area (Å²) in [5.41, 5.74) is 1.66. The molecule has 24 heavy (non-hydrogen) atoms. The predicted molar refractivity (Wildman–Crippen MR) is 84.6 cm³/mol. The van der Waals surface area contributed by atoms with Gasteiger partial charge in [-0.2, -0.15) is 5.10 Å². The molecule has 0 bridgehead atoms. The Hall–Kier alpha value is -2.70. The van der Waals surface area contributed by atoms with Crippen LogP contribution in [0.15, 0.2) is 30.5 Å². The number of carbonyl (C=O) groups excluding carboxylic acids is 1. The fourth-order valence-electron chi connectivity index (χ4n) is 3.11. The first-order valence-corrected chi connectivity index (χ1v) is 7.80. The first-order chi connectivity index (χ1) is 11.5. The summed E-state index contributed by atoms with van der Waals surface area (Å²) in [5, 5.41) is 13.2. The van der Waals surface area contributed by atoms with Crippen molar-refractivity contribution in [2.24, 2.45) is 0 Å². The largest absolute Gasteiger partial charge is 0.481 e. The molecule has 1 unspecified atom stereocenters. The van der Waals surface area contributed by atoms with Crippen molar-refractivity contribution in [3.05, 3.63) is 47.5 Å². The number of carbonyl (C=O) groups is 2. The third-order valence-corrected chi connectivity index (χ3v) is 4.26. The van der Waals surface area contributed by atoms with Crippen molar-refractivity contribution < 1.29 is 19.1 Å². The van der Waals surface area contributed by atoms with Crippen LogP contribution in [-0.4, -0.2) is 44.3 Å². The number of hydrogen-bond donors (Lipinski definition) is 1. The van der Waals surface area contributed by atoms with Gasteiger partial charge in [0.1, 0.15) is 5.82 Å². The Labute approximate surface area is 138 Å². The summed E-state index contributed by atoms with van der Waals surface area (Å²) in [5.74, 6) is -1.50. The Morgan fingerprint density at radius 2 is 2.17 bits per heavy atom. The maximum Gasteiger partial charge on any atom is 0.305 e. The van der Waals surface area contributed by atoms with Crippen LogP contribution >= 0.6 is 0 Å². The van der Waals surface area contributed by atoms with E-state index in [0.29, 0.717) is 24.2 Å². The molecule has 1 amide bonds. The van der Waals surface area contributed by atoms with Crippen LogP contribution in [0.2, 0.25) is 0 Å². The van der Waals surface area contributed by atoms with Crippen LogP contribution in [0.1, 0.15) is 35.3 Å². The van der Waals surface area contributed by atoms with E-state index in [1.807, 2.05) is 0 Å². The Bertz CT molecular complexity index is 787. The van der Waals surface area contributed by atoms with Crippen LogP contribution in [0.5, 0.6) is 0 Å². The number of benzene rings is 1. The summed E-state index contributed by atoms with van der Waals surface area (Å²) in [6.07, 6.45) is 3.08. The maximum atomic E-state index is 13.2. The van der Waals surface area contributed by atoms with Gasteiger partial charge in [0, 0.05) is 18.8 Å². The fourth-order valence-corrected chi connectivity index (χ4v) is 3.11. The van der Waals surface area contributed by atoms with Gasteiger partial charge >= 0.3 is 5.97 Å². The second-order valence-electron chi connectivity index (χ2n) is 5.97. The molecule has 1 fully saturated rings. The molecule has 2 aromatic rings. The van der Waals surface area contributed by atoms with E-state index < -0.39 is 5.97 Å². The van der Waals surface area contributed by atoms with Gasteiger partial charge in [-0.25, -0.2) is 9.07 Å². The number of aliphatic carboxylic acids is 1. The maximum absolute atomic E-state index is 13.2. The smallest absolute Gasteiger partial charge is 0.305 e. The minimum absolute atomic E-state index is 0.0521. The molecule has 1 N–H and O–H groups in total. The number of carboxylic acids is 1. The van der Waals surface area contributed by atoms with E-state index in [-0.39, 0.29) is 29.9 Å². The quantitative estimate of drug-likeness (QED) is 0.933. The number of likely N-dealkylation sites (tertiary alicyclic amines) is 1. The molecule has 1 aromatic heterocycles. The number of rotatable bonds is 4. The van der Waals surface area contributed by atoms with Gasteiger partial charge in [0.05, 0.1) is 12.1 Å². The van der Waals surface area contributed by atoms with Crippen LogP contribution < -0.4 is 0 Å². The molecule has 2 heterocycles. The van der Waals surface area contributed by atoms with E-state index in [2.05, 4.69) is 5.10 Å². The second kappa shape index (κ2) is 6.43. The summed E-state index contributed by atoms with van der Waals surface area (Å²) in [6.45, 7) is 2.31. The zero-order valence-corrected chi connectivity index (χ0v) is 13.3. The molecule has 1 aliphatic heterocycles. The molecule has 7 heteroatoms. The SMILES string of the molecule is Cc1cc(F)ccc1-n1ccc(C(=O)N2CCCC2CC(=O)O)n1. The van der Waals surface area contributed by atoms with Crippen molar-refractivity contribution in [1.29, 1.82) is 0 Å². The van der Waals surface area contributed by atoms with Crippen molar-refractivity contribution in [3.63, 3.8) is 0 Å². The zero-order valence-electron chi connectivity index (χ0n) is 13.3. The molecule has 1 aromatic carbocycles. The van der Waals surface area contributed by atoms with Gasteiger partial charge in [-0.1, -0.05) is 0 Å². The highest BCUT2D eigenvalue weighted by atomic mass is 19.1. The fraction of sp³-hybridized carbons (Fsp3) is 0.353. The first kappa shape index (κ1) is 16.2. The van der Waals surface area contributed by atoms with Gasteiger partial charge in [0.2, 0.25) is 0 Å². The minimum Gasteiger partial charge on any atom is -0.481 e. The average molecular weight is 331 g/mol. The number of nitrogens with zero attached hydrogens (tertiary/aromatic N) is 3. The van der Waals surface area contributed by atoms with E-state index in [4.69, 9.17) is 5.11 Å². The molecule has 1 saturated heterocycles. The number of amides is 1. The van der Waals surface area contributed by atoms with Gasteiger partial charge < -0.3 is 10.0 Å². The van der Waals surface area contributed by atoms with Gasteiger partial charge in [-0.05, 0) is 49.6 Å². The highest BCUT2D eigenvalue weighted by molar-refractivity contribution is 5.93. The number of hydrogen-bond acceptors (Lipinski definition) is 3. The molecule has 126 valence electrons. The molecule has 0 saturated carbocycles. The van der Waals surface area contributed by atoms with Crippen LogP contribution in [0, 0.1) is 12.7 Å². The summed E-state index contributed by atoms with van der Waals surface area (Å²) in [7, 11) is 0. The van der Waals surface area contributed by atoms with Crippen molar-refractivity contribution in [1.82, 2.24) is 14.7 Å². The zero-order chi connectivity index (χ0) is 17.3. The lowest BCUT2D eigenvalue weighted by Gasteiger charge is -2.22. The highest BCUT2D eigenvalue weighted by Gasteiger charge is 2.32. The number of halogens is 1. The molecule has 0 aliphatic carbocycles. The third kappa shape index (κ3) is 3.15. The second-order valence-corrected chi connectivity index (χ2v) is 5.97. The lowest BCUT2D eigenvalue weighted by molar-refractivity contribution is -0.137. The Kier molecular flexibility index (Phi) is 4.33. The lowest BCUT2D eigenvalue weighted by Crippen LogP contribution is -2.37. The minimum atomic E-state index is -0.910. The Morgan fingerprint density at radius 1 is 1.38 bits per heavy atom. The molecule has 3 rings (SSSR count). The van der Waals surface area contributed by atoms with Gasteiger partial charge in [-0.15, -0.1) is 0 Å². The van der Waals surface area contributed by atoms with Crippen molar-refractivity contribution >= 4 is 11.9 Å². The monoisotopic (exact) mass is 331 g/mol. The Morgan fingerprint density at radius 3 is 2.88 bits per heavy atom. The molecule has 6 nitrogen and oxygen atoms in total. The predicted octanol–water partition coefficient (Wildman–Crippen LogP) is 2.40. The molecule has 0 spiro atoms. The summed E-state index contributed by atoms with van der Waals surface area (Å²) in [6, 6.07) is 5.67. The van der Waals surface area contributed by atoms with E-state index in [1.54, 1.807) is 30.2 Å². The first-order valence-electron chi connectivity index (χ1n) is 7.80. The highest BCUT2D eigenvalue weighted by Crippen LogP contribution is 2.23. The van der Waals surface area contributed by atoms with E-state index in [9.17, 15) is 14.0 Å². The van der Waals surface area contributed by atoms with Crippen LogP contribution in [-0.2, 0) is 4.79 Å². The molecule has 0 radical (unpaired) electrons. The van der Waals surface area contributed by atoms with Crippen LogP contribution in [0.25, 0.3) is 5.69 Å². The number of aryl methyl sites for hydroxylation is 1. The molecular weight excluding hydrogens is 313 g/mol. The normalized spacial score (nSPS) is 17.2.